The fourth-order valence-corrected chi connectivity index (χ4v) is 4.27. The number of rotatable bonds is 7. The van der Waals surface area contributed by atoms with Crippen molar-refractivity contribution in [3.8, 4) is 0 Å². The molecule has 0 spiro atoms. The van der Waals surface area contributed by atoms with Crippen LogP contribution in [0, 0.1) is 11.6 Å². The largest absolute Gasteiger partial charge is 0.367 e. The maximum atomic E-state index is 14.1. The molecule has 0 radical (unpaired) electrons. The van der Waals surface area contributed by atoms with Crippen LogP contribution in [0.3, 0.4) is 0 Å². The molecule has 0 unspecified atom stereocenters. The van der Waals surface area contributed by atoms with Gasteiger partial charge in [0.05, 0.1) is 12.7 Å². The van der Waals surface area contributed by atoms with E-state index in [1.54, 1.807) is 41.3 Å². The molecule has 34 heavy (non-hydrogen) atoms. The van der Waals surface area contributed by atoms with Crippen molar-refractivity contribution in [2.24, 2.45) is 0 Å². The molecule has 1 atom stereocenters. The molecule has 0 aliphatic carbocycles. The molecule has 3 aromatic carbocycles. The van der Waals surface area contributed by atoms with E-state index in [-0.39, 0.29) is 18.1 Å². The van der Waals surface area contributed by atoms with Gasteiger partial charge in [-0.25, -0.2) is 8.78 Å². The van der Waals surface area contributed by atoms with Gasteiger partial charge in [0.2, 0.25) is 0 Å². The SMILES string of the molecule is O=C(c1cccc(Cl)c1)N1CCN(C[C@@H](OCc2c(F)cccc2F)c2ccc(Cl)cc2)CC1. The van der Waals surface area contributed by atoms with E-state index in [2.05, 4.69) is 4.90 Å². The average molecular weight is 505 g/mol. The molecule has 1 heterocycles. The van der Waals surface area contributed by atoms with Crippen molar-refractivity contribution >= 4 is 29.1 Å². The van der Waals surface area contributed by atoms with Gasteiger partial charge in [0, 0.05) is 53.9 Å². The number of hydrogen-bond acceptors (Lipinski definition) is 3. The lowest BCUT2D eigenvalue weighted by atomic mass is 10.1. The topological polar surface area (TPSA) is 32.8 Å². The highest BCUT2D eigenvalue weighted by Crippen LogP contribution is 2.25. The van der Waals surface area contributed by atoms with E-state index in [0.717, 1.165) is 5.56 Å². The molecule has 0 saturated carbocycles. The highest BCUT2D eigenvalue weighted by atomic mass is 35.5. The van der Waals surface area contributed by atoms with Crippen molar-refractivity contribution in [1.82, 2.24) is 9.80 Å². The van der Waals surface area contributed by atoms with Crippen LogP contribution in [-0.4, -0.2) is 48.4 Å². The van der Waals surface area contributed by atoms with E-state index in [1.165, 1.54) is 18.2 Å². The number of carbonyl (C=O) groups is 1. The highest BCUT2D eigenvalue weighted by molar-refractivity contribution is 6.31. The summed E-state index contributed by atoms with van der Waals surface area (Å²) in [5, 5.41) is 1.12. The summed E-state index contributed by atoms with van der Waals surface area (Å²) >= 11 is 12.1. The predicted molar refractivity (Wildman–Crippen MR) is 129 cm³/mol. The minimum absolute atomic E-state index is 0.0531. The van der Waals surface area contributed by atoms with Crippen molar-refractivity contribution in [2.45, 2.75) is 12.7 Å². The van der Waals surface area contributed by atoms with E-state index in [4.69, 9.17) is 27.9 Å². The zero-order valence-corrected chi connectivity index (χ0v) is 19.9. The monoisotopic (exact) mass is 504 g/mol. The highest BCUT2D eigenvalue weighted by Gasteiger charge is 2.25. The summed E-state index contributed by atoms with van der Waals surface area (Å²) in [4.78, 5) is 16.8. The van der Waals surface area contributed by atoms with Gasteiger partial charge in [0.25, 0.3) is 5.91 Å². The second-order valence-corrected chi connectivity index (χ2v) is 9.03. The molecule has 8 heteroatoms. The van der Waals surface area contributed by atoms with Crippen molar-refractivity contribution in [3.63, 3.8) is 0 Å². The van der Waals surface area contributed by atoms with Crippen LogP contribution in [0.15, 0.2) is 66.7 Å². The molecule has 1 amide bonds. The number of piperazine rings is 1. The Kier molecular flexibility index (Phi) is 8.16. The van der Waals surface area contributed by atoms with Gasteiger partial charge in [-0.05, 0) is 48.0 Å². The predicted octanol–water partition coefficient (Wildman–Crippen LogP) is 5.99. The smallest absolute Gasteiger partial charge is 0.253 e. The van der Waals surface area contributed by atoms with Gasteiger partial charge in [-0.1, -0.05) is 47.5 Å². The third-order valence-electron chi connectivity index (χ3n) is 5.89. The normalized spacial score (nSPS) is 15.4. The van der Waals surface area contributed by atoms with Gasteiger partial charge in [0.1, 0.15) is 11.6 Å². The Morgan fingerprint density at radius 2 is 1.53 bits per heavy atom. The first kappa shape index (κ1) is 24.6. The first-order valence-corrected chi connectivity index (χ1v) is 11.7. The molecule has 1 saturated heterocycles. The second kappa shape index (κ2) is 11.3. The fourth-order valence-electron chi connectivity index (χ4n) is 3.96. The van der Waals surface area contributed by atoms with Crippen LogP contribution in [-0.2, 0) is 11.3 Å². The summed E-state index contributed by atoms with van der Waals surface area (Å²) < 4.78 is 34.2. The Labute approximate surface area is 207 Å². The van der Waals surface area contributed by atoms with Crippen LogP contribution in [0.25, 0.3) is 0 Å². The van der Waals surface area contributed by atoms with Crippen LogP contribution in [0.2, 0.25) is 10.0 Å². The van der Waals surface area contributed by atoms with E-state index in [1.807, 2.05) is 12.1 Å². The number of amides is 1. The third kappa shape index (κ3) is 6.13. The van der Waals surface area contributed by atoms with Gasteiger partial charge >= 0.3 is 0 Å². The summed E-state index contributed by atoms with van der Waals surface area (Å²) in [5.41, 5.74) is 1.33. The summed E-state index contributed by atoms with van der Waals surface area (Å²) in [6, 6.07) is 17.9. The molecule has 0 aromatic heterocycles. The van der Waals surface area contributed by atoms with Crippen molar-refractivity contribution in [1.29, 1.82) is 0 Å². The molecule has 178 valence electrons. The molecular formula is C26H24Cl2F2N2O2. The van der Waals surface area contributed by atoms with Crippen LogP contribution < -0.4 is 0 Å². The molecule has 1 aliphatic rings. The van der Waals surface area contributed by atoms with Crippen molar-refractivity contribution < 1.29 is 18.3 Å². The quantitative estimate of drug-likeness (QED) is 0.396. The Morgan fingerprint density at radius 1 is 0.882 bits per heavy atom. The number of benzene rings is 3. The summed E-state index contributed by atoms with van der Waals surface area (Å²) in [6.07, 6.45) is -0.425. The summed E-state index contributed by atoms with van der Waals surface area (Å²) in [6.45, 7) is 2.72. The van der Waals surface area contributed by atoms with E-state index in [9.17, 15) is 13.6 Å². The summed E-state index contributed by atoms with van der Waals surface area (Å²) in [5.74, 6) is -1.33. The first-order valence-electron chi connectivity index (χ1n) is 11.0. The number of halogens is 4. The van der Waals surface area contributed by atoms with E-state index < -0.39 is 17.7 Å². The number of carbonyl (C=O) groups excluding carboxylic acids is 1. The van der Waals surface area contributed by atoms with Crippen molar-refractivity contribution in [2.75, 3.05) is 32.7 Å². The van der Waals surface area contributed by atoms with Crippen LogP contribution in [0.4, 0.5) is 8.78 Å². The lowest BCUT2D eigenvalue weighted by Gasteiger charge is -2.36. The minimum Gasteiger partial charge on any atom is -0.367 e. The fraction of sp³-hybridized carbons (Fsp3) is 0.269. The standard InChI is InChI=1S/C26H24Cl2F2N2O2/c27-20-9-7-18(8-10-20)25(34-17-22-23(29)5-2-6-24(22)30)16-31-11-13-32(14-12-31)26(33)19-3-1-4-21(28)15-19/h1-10,15,25H,11-14,16-17H2/t25-/m1/s1. The molecule has 1 fully saturated rings. The van der Waals surface area contributed by atoms with Crippen molar-refractivity contribution in [3.05, 3.63) is 105 Å². The molecule has 0 N–H and O–H groups in total. The maximum absolute atomic E-state index is 14.1. The second-order valence-electron chi connectivity index (χ2n) is 8.15. The van der Waals surface area contributed by atoms with Gasteiger partial charge in [-0.3, -0.25) is 9.69 Å². The van der Waals surface area contributed by atoms with Gasteiger partial charge < -0.3 is 9.64 Å². The van der Waals surface area contributed by atoms with Crippen LogP contribution >= 0.6 is 23.2 Å². The number of ether oxygens (including phenoxy) is 1. The lowest BCUT2D eigenvalue weighted by Crippen LogP contribution is -2.49. The zero-order chi connectivity index (χ0) is 24.1. The average Bonchev–Trinajstić information content (AvgIpc) is 2.83. The molecule has 0 bridgehead atoms. The molecule has 3 aromatic rings. The van der Waals surface area contributed by atoms with E-state index >= 15 is 0 Å². The first-order chi connectivity index (χ1) is 16.4. The zero-order valence-electron chi connectivity index (χ0n) is 18.4. The minimum atomic E-state index is -0.636. The van der Waals surface area contributed by atoms with Crippen LogP contribution in [0.5, 0.6) is 0 Å². The Hall–Kier alpha value is -2.51. The summed E-state index contributed by atoms with van der Waals surface area (Å²) in [7, 11) is 0. The number of hydrogen-bond donors (Lipinski definition) is 0. The Balaban J connectivity index is 1.41. The van der Waals surface area contributed by atoms with E-state index in [0.29, 0.717) is 48.3 Å². The van der Waals surface area contributed by atoms with Gasteiger partial charge in [-0.15, -0.1) is 0 Å². The third-order valence-corrected chi connectivity index (χ3v) is 6.37. The molecule has 4 nitrogen and oxygen atoms in total. The number of nitrogens with zero attached hydrogens (tertiary/aromatic N) is 2. The Bertz CT molecular complexity index is 1120. The van der Waals surface area contributed by atoms with Crippen LogP contribution in [0.1, 0.15) is 27.6 Å². The van der Waals surface area contributed by atoms with Gasteiger partial charge in [-0.2, -0.15) is 0 Å². The molecular weight excluding hydrogens is 481 g/mol. The molecule has 1 aliphatic heterocycles. The maximum Gasteiger partial charge on any atom is 0.253 e. The van der Waals surface area contributed by atoms with Gasteiger partial charge in [0.15, 0.2) is 0 Å². The Morgan fingerprint density at radius 3 is 2.18 bits per heavy atom. The molecule has 4 rings (SSSR count). The lowest BCUT2D eigenvalue weighted by molar-refractivity contribution is 0.00145.